The fraction of sp³-hybridized carbons (Fsp3) is 0.800. The number of carbonyl (C=O) groups excluding carboxylic acids is 1. The Balaban J connectivity index is 2.29. The molecule has 0 aromatic carbocycles. The Hall–Kier alpha value is -1.04. The predicted molar refractivity (Wildman–Crippen MR) is 49.7 cm³/mol. The number of hydrogen-bond acceptors (Lipinski definition) is 2. The summed E-state index contributed by atoms with van der Waals surface area (Å²) in [6.45, 7) is 4.04. The Labute approximate surface area is 79.1 Å². The minimum absolute atomic E-state index is 0.0616. The molecule has 1 amide bonds. The number of carbonyl (C=O) groups is 1. The second kappa shape index (κ2) is 4.27. The third-order valence-corrected chi connectivity index (χ3v) is 2.63. The van der Waals surface area contributed by atoms with Crippen LogP contribution in [0.15, 0.2) is 0 Å². The molecule has 1 fully saturated rings. The predicted octanol–water partition coefficient (Wildman–Crippen LogP) is 1.45. The van der Waals surface area contributed by atoms with Gasteiger partial charge in [-0.1, -0.05) is 13.8 Å². The van der Waals surface area contributed by atoms with Crippen LogP contribution in [-0.4, -0.2) is 11.9 Å². The van der Waals surface area contributed by atoms with E-state index >= 15 is 0 Å². The molecular formula is C10H16N2O. The van der Waals surface area contributed by atoms with Crippen LogP contribution in [0.5, 0.6) is 0 Å². The van der Waals surface area contributed by atoms with E-state index in [4.69, 9.17) is 5.26 Å². The van der Waals surface area contributed by atoms with Crippen LogP contribution in [0, 0.1) is 23.2 Å². The number of nitriles is 1. The van der Waals surface area contributed by atoms with Crippen LogP contribution >= 0.6 is 0 Å². The highest BCUT2D eigenvalue weighted by atomic mass is 16.2. The van der Waals surface area contributed by atoms with Crippen molar-refractivity contribution in [3.8, 4) is 6.07 Å². The first kappa shape index (κ1) is 10.0. The summed E-state index contributed by atoms with van der Waals surface area (Å²) < 4.78 is 0. The Morgan fingerprint density at radius 2 is 2.31 bits per heavy atom. The van der Waals surface area contributed by atoms with Gasteiger partial charge in [-0.25, -0.2) is 0 Å². The lowest BCUT2D eigenvalue weighted by Gasteiger charge is -2.31. The third-order valence-electron chi connectivity index (χ3n) is 2.63. The van der Waals surface area contributed by atoms with E-state index in [2.05, 4.69) is 18.3 Å². The lowest BCUT2D eigenvalue weighted by Crippen LogP contribution is -2.42. The molecule has 0 bridgehead atoms. The van der Waals surface area contributed by atoms with Gasteiger partial charge in [-0.2, -0.15) is 5.26 Å². The first-order valence-corrected chi connectivity index (χ1v) is 4.87. The van der Waals surface area contributed by atoms with Crippen LogP contribution in [0.4, 0.5) is 0 Å². The van der Waals surface area contributed by atoms with E-state index in [1.165, 1.54) is 0 Å². The normalized spacial score (nSPS) is 28.4. The Morgan fingerprint density at radius 1 is 1.69 bits per heavy atom. The van der Waals surface area contributed by atoms with Gasteiger partial charge in [0.25, 0.3) is 0 Å². The molecule has 1 saturated carbocycles. The highest BCUT2D eigenvalue weighted by Gasteiger charge is 2.31. The second-order valence-corrected chi connectivity index (χ2v) is 3.87. The summed E-state index contributed by atoms with van der Waals surface area (Å²) >= 11 is 0. The van der Waals surface area contributed by atoms with Crippen molar-refractivity contribution in [2.24, 2.45) is 11.8 Å². The molecule has 1 N–H and O–H groups in total. The average Bonchev–Trinajstić information content (AvgIpc) is 2.08. The largest absolute Gasteiger partial charge is 0.340 e. The van der Waals surface area contributed by atoms with Gasteiger partial charge in [0, 0.05) is 5.92 Å². The number of hydrogen-bond donors (Lipinski definition) is 1. The van der Waals surface area contributed by atoms with Crippen molar-refractivity contribution in [2.75, 3.05) is 0 Å². The van der Waals surface area contributed by atoms with Gasteiger partial charge in [0.2, 0.25) is 5.91 Å². The van der Waals surface area contributed by atoms with E-state index in [1.54, 1.807) is 0 Å². The molecule has 13 heavy (non-hydrogen) atoms. The van der Waals surface area contributed by atoms with Gasteiger partial charge >= 0.3 is 0 Å². The topological polar surface area (TPSA) is 52.9 Å². The maximum absolute atomic E-state index is 11.4. The summed E-state index contributed by atoms with van der Waals surface area (Å²) in [5.74, 6) is 0.904. The van der Waals surface area contributed by atoms with Crippen molar-refractivity contribution in [2.45, 2.75) is 39.2 Å². The van der Waals surface area contributed by atoms with Crippen LogP contribution in [0.3, 0.4) is 0 Å². The summed E-state index contributed by atoms with van der Waals surface area (Å²) in [6, 6.07) is 1.76. The Bertz CT molecular complexity index is 226. The maximum atomic E-state index is 11.4. The van der Waals surface area contributed by atoms with E-state index in [9.17, 15) is 4.79 Å². The molecule has 0 radical (unpaired) electrons. The lowest BCUT2D eigenvalue weighted by molar-refractivity contribution is -0.129. The molecule has 0 aliphatic heterocycles. The van der Waals surface area contributed by atoms with E-state index in [-0.39, 0.29) is 17.9 Å². The number of rotatable bonds is 3. The summed E-state index contributed by atoms with van der Waals surface area (Å²) in [4.78, 5) is 11.4. The third kappa shape index (κ3) is 2.45. The Kier molecular flexibility index (Phi) is 3.30. The van der Waals surface area contributed by atoms with Gasteiger partial charge in [0.05, 0.1) is 6.07 Å². The van der Waals surface area contributed by atoms with Crippen LogP contribution in [0.2, 0.25) is 0 Å². The van der Waals surface area contributed by atoms with Gasteiger partial charge in [-0.05, 0) is 25.2 Å². The van der Waals surface area contributed by atoms with Gasteiger partial charge in [-0.3, -0.25) is 4.79 Å². The molecule has 3 nitrogen and oxygen atoms in total. The molecule has 0 aromatic heterocycles. The van der Waals surface area contributed by atoms with Crippen molar-refractivity contribution in [1.82, 2.24) is 5.32 Å². The first-order chi connectivity index (χ1) is 6.17. The van der Waals surface area contributed by atoms with Crippen LogP contribution in [-0.2, 0) is 4.79 Å². The van der Waals surface area contributed by atoms with Crippen LogP contribution in [0.1, 0.15) is 33.1 Å². The lowest BCUT2D eigenvalue weighted by atomic mass is 9.75. The molecule has 0 aromatic rings. The second-order valence-electron chi connectivity index (χ2n) is 3.87. The molecule has 0 saturated heterocycles. The molecule has 1 rings (SSSR count). The minimum atomic E-state index is -0.302. The van der Waals surface area contributed by atoms with Crippen molar-refractivity contribution in [1.29, 1.82) is 5.26 Å². The van der Waals surface area contributed by atoms with Crippen LogP contribution in [0.25, 0.3) is 0 Å². The molecule has 0 heterocycles. The fourth-order valence-electron chi connectivity index (χ4n) is 1.63. The van der Waals surface area contributed by atoms with Crippen molar-refractivity contribution < 1.29 is 4.79 Å². The number of nitrogens with zero attached hydrogens (tertiary/aromatic N) is 1. The van der Waals surface area contributed by atoms with Gasteiger partial charge in [-0.15, -0.1) is 0 Å². The molecule has 1 aliphatic rings. The van der Waals surface area contributed by atoms with E-state index in [0.29, 0.717) is 12.3 Å². The van der Waals surface area contributed by atoms with Crippen molar-refractivity contribution >= 4 is 5.91 Å². The Morgan fingerprint density at radius 3 is 2.69 bits per heavy atom. The molecule has 3 heteroatoms. The van der Waals surface area contributed by atoms with Gasteiger partial charge in [0.15, 0.2) is 0 Å². The van der Waals surface area contributed by atoms with E-state index in [0.717, 1.165) is 12.8 Å². The molecule has 1 aliphatic carbocycles. The van der Waals surface area contributed by atoms with Crippen LogP contribution < -0.4 is 5.32 Å². The van der Waals surface area contributed by atoms with Crippen molar-refractivity contribution in [3.63, 3.8) is 0 Å². The summed E-state index contributed by atoms with van der Waals surface area (Å²) in [7, 11) is 0. The SMILES string of the molecule is CC[C@@H](C#N)NC(=O)C1CC(C)C1. The summed E-state index contributed by atoms with van der Waals surface area (Å²) in [5, 5.41) is 11.4. The quantitative estimate of drug-likeness (QED) is 0.714. The molecule has 1 atom stereocenters. The molecular weight excluding hydrogens is 164 g/mol. The highest BCUT2D eigenvalue weighted by Crippen LogP contribution is 2.32. The van der Waals surface area contributed by atoms with Gasteiger partial charge < -0.3 is 5.32 Å². The smallest absolute Gasteiger partial charge is 0.224 e. The zero-order valence-corrected chi connectivity index (χ0v) is 8.21. The van der Waals surface area contributed by atoms with E-state index < -0.39 is 0 Å². The summed E-state index contributed by atoms with van der Waals surface area (Å²) in [5.41, 5.74) is 0. The maximum Gasteiger partial charge on any atom is 0.224 e. The zero-order chi connectivity index (χ0) is 9.84. The molecule has 0 spiro atoms. The highest BCUT2D eigenvalue weighted by molar-refractivity contribution is 5.80. The number of amides is 1. The van der Waals surface area contributed by atoms with Crippen molar-refractivity contribution in [3.05, 3.63) is 0 Å². The average molecular weight is 180 g/mol. The first-order valence-electron chi connectivity index (χ1n) is 4.87. The monoisotopic (exact) mass is 180 g/mol. The zero-order valence-electron chi connectivity index (χ0n) is 8.21. The standard InChI is InChI=1S/C10H16N2O/c1-3-9(6-11)12-10(13)8-4-7(2)5-8/h7-9H,3-5H2,1-2H3,(H,12,13)/t7?,8?,9-/m0/s1. The fourth-order valence-corrected chi connectivity index (χ4v) is 1.63. The van der Waals surface area contributed by atoms with Gasteiger partial charge in [0.1, 0.15) is 6.04 Å². The molecule has 72 valence electrons. The minimum Gasteiger partial charge on any atom is -0.340 e. The summed E-state index contributed by atoms with van der Waals surface area (Å²) in [6.07, 6.45) is 2.64. The number of nitrogens with one attached hydrogen (secondary N) is 1. The van der Waals surface area contributed by atoms with E-state index in [1.807, 2.05) is 6.92 Å². The molecule has 0 unspecified atom stereocenters.